The Morgan fingerprint density at radius 1 is 0.972 bits per heavy atom. The Hall–Kier alpha value is -3.52. The number of hydrogen-bond acceptors (Lipinski definition) is 5. The molecule has 1 aliphatic carbocycles. The van der Waals surface area contributed by atoms with E-state index in [9.17, 15) is 4.79 Å². The van der Waals surface area contributed by atoms with Crippen molar-refractivity contribution >= 4 is 16.9 Å². The van der Waals surface area contributed by atoms with Crippen molar-refractivity contribution in [2.45, 2.75) is 44.2 Å². The van der Waals surface area contributed by atoms with Crippen molar-refractivity contribution in [3.63, 3.8) is 0 Å². The van der Waals surface area contributed by atoms with Crippen LogP contribution in [0.1, 0.15) is 36.4 Å². The predicted molar refractivity (Wildman–Crippen MR) is 137 cm³/mol. The van der Waals surface area contributed by atoms with Crippen molar-refractivity contribution in [1.82, 2.24) is 34.5 Å². The van der Waals surface area contributed by atoms with E-state index in [0.717, 1.165) is 80.6 Å². The third-order valence-electron chi connectivity index (χ3n) is 8.48. The van der Waals surface area contributed by atoms with Crippen LogP contribution in [0.25, 0.3) is 22.3 Å². The molecule has 8 nitrogen and oxygen atoms in total. The number of hydrogen-bond donors (Lipinski definition) is 1. The van der Waals surface area contributed by atoms with Crippen LogP contribution in [0.2, 0.25) is 0 Å². The minimum absolute atomic E-state index is 0.154. The van der Waals surface area contributed by atoms with Crippen molar-refractivity contribution in [3.8, 4) is 11.3 Å². The average molecular weight is 482 g/mol. The van der Waals surface area contributed by atoms with Gasteiger partial charge >= 0.3 is 0 Å². The van der Waals surface area contributed by atoms with Gasteiger partial charge in [-0.3, -0.25) is 14.4 Å². The predicted octanol–water partition coefficient (Wildman–Crippen LogP) is 3.47. The molecule has 0 saturated carbocycles. The molecule has 1 amide bonds. The second-order valence-electron chi connectivity index (χ2n) is 10.5. The topological polar surface area (TPSA) is 82.9 Å². The number of fused-ring (bicyclic) bond motifs is 2. The molecule has 4 aromatic rings. The van der Waals surface area contributed by atoms with Crippen LogP contribution in [-0.4, -0.2) is 72.7 Å². The van der Waals surface area contributed by atoms with Crippen LogP contribution in [0.5, 0.6) is 0 Å². The molecule has 2 fully saturated rings. The van der Waals surface area contributed by atoms with Crippen molar-refractivity contribution in [2.24, 2.45) is 5.92 Å². The van der Waals surface area contributed by atoms with Gasteiger partial charge in [0.05, 0.1) is 17.9 Å². The number of carbonyl (C=O) groups is 1. The number of aryl methyl sites for hydroxylation is 1. The Bertz CT molecular complexity index is 1390. The van der Waals surface area contributed by atoms with Crippen LogP contribution in [0, 0.1) is 5.92 Å². The normalized spacial score (nSPS) is 21.4. The molecule has 2 saturated heterocycles. The zero-order valence-electron chi connectivity index (χ0n) is 20.4. The van der Waals surface area contributed by atoms with Crippen molar-refractivity contribution in [1.29, 1.82) is 0 Å². The molecule has 3 aliphatic rings. The first-order valence-electron chi connectivity index (χ1n) is 13.1. The molecule has 0 spiro atoms. The van der Waals surface area contributed by atoms with E-state index in [1.54, 1.807) is 6.33 Å². The number of H-pyrrole nitrogens is 1. The number of rotatable bonds is 4. The van der Waals surface area contributed by atoms with Crippen LogP contribution < -0.4 is 0 Å². The monoisotopic (exact) mass is 481 g/mol. The van der Waals surface area contributed by atoms with E-state index in [-0.39, 0.29) is 5.92 Å². The summed E-state index contributed by atoms with van der Waals surface area (Å²) in [4.78, 5) is 29.9. The molecule has 184 valence electrons. The molecule has 0 radical (unpaired) electrons. The lowest BCUT2D eigenvalue weighted by atomic mass is 9.83. The summed E-state index contributed by atoms with van der Waals surface area (Å²) in [5, 5.41) is 5.67. The van der Waals surface area contributed by atoms with Gasteiger partial charge in [0.15, 0.2) is 0 Å². The number of carbonyl (C=O) groups excluding carboxylic acids is 1. The van der Waals surface area contributed by atoms with E-state index in [1.807, 2.05) is 18.5 Å². The summed E-state index contributed by atoms with van der Waals surface area (Å²) >= 11 is 0. The smallest absolute Gasteiger partial charge is 0.226 e. The van der Waals surface area contributed by atoms with Gasteiger partial charge in [-0.1, -0.05) is 24.3 Å². The molecule has 5 heterocycles. The molecule has 36 heavy (non-hydrogen) atoms. The van der Waals surface area contributed by atoms with E-state index < -0.39 is 0 Å². The molecular formula is C28H31N7O. The average Bonchev–Trinajstić information content (AvgIpc) is 3.58. The van der Waals surface area contributed by atoms with Gasteiger partial charge in [0.25, 0.3) is 0 Å². The summed E-state index contributed by atoms with van der Waals surface area (Å²) in [6.45, 7) is 3.80. The number of nitrogens with zero attached hydrogens (tertiary/aromatic N) is 6. The summed E-state index contributed by atoms with van der Waals surface area (Å²) in [6, 6.07) is 11.6. The Labute approximate surface area is 210 Å². The van der Waals surface area contributed by atoms with Gasteiger partial charge in [-0.25, -0.2) is 9.97 Å². The first kappa shape index (κ1) is 21.7. The summed E-state index contributed by atoms with van der Waals surface area (Å²) in [5.74, 6) is 0.524. The maximum absolute atomic E-state index is 13.2. The molecule has 1 unspecified atom stereocenters. The maximum atomic E-state index is 13.2. The molecule has 7 rings (SSSR count). The van der Waals surface area contributed by atoms with Gasteiger partial charge < -0.3 is 9.88 Å². The van der Waals surface area contributed by atoms with Gasteiger partial charge in [0.1, 0.15) is 12.0 Å². The fourth-order valence-corrected chi connectivity index (χ4v) is 6.33. The van der Waals surface area contributed by atoms with E-state index in [2.05, 4.69) is 65.0 Å². The van der Waals surface area contributed by atoms with E-state index in [1.165, 1.54) is 11.1 Å². The number of aromatic nitrogens is 5. The number of likely N-dealkylation sites (tertiary alicyclic amines) is 2. The largest absolute Gasteiger partial charge is 0.346 e. The number of nitrogens with one attached hydrogen (secondary N) is 1. The molecule has 1 N–H and O–H groups in total. The van der Waals surface area contributed by atoms with E-state index in [0.29, 0.717) is 18.0 Å². The second kappa shape index (κ2) is 8.85. The lowest BCUT2D eigenvalue weighted by Crippen LogP contribution is -2.56. The third kappa shape index (κ3) is 3.80. The van der Waals surface area contributed by atoms with Gasteiger partial charge in [-0.05, 0) is 49.3 Å². The highest BCUT2D eigenvalue weighted by atomic mass is 16.2. The minimum Gasteiger partial charge on any atom is -0.346 e. The number of benzene rings is 1. The Morgan fingerprint density at radius 2 is 1.81 bits per heavy atom. The zero-order chi connectivity index (χ0) is 24.1. The number of aromatic amines is 1. The van der Waals surface area contributed by atoms with Crippen LogP contribution in [0.4, 0.5) is 0 Å². The lowest BCUT2D eigenvalue weighted by Gasteiger charge is -2.47. The Balaban J connectivity index is 0.928. The van der Waals surface area contributed by atoms with Gasteiger partial charge in [0, 0.05) is 61.5 Å². The third-order valence-corrected chi connectivity index (χ3v) is 8.48. The second-order valence-corrected chi connectivity index (χ2v) is 10.5. The fourth-order valence-electron chi connectivity index (χ4n) is 6.33. The summed E-state index contributed by atoms with van der Waals surface area (Å²) in [6.07, 6.45) is 12.6. The molecule has 1 atom stereocenters. The maximum Gasteiger partial charge on any atom is 0.226 e. The van der Waals surface area contributed by atoms with Crippen LogP contribution in [0.15, 0.2) is 55.2 Å². The summed E-state index contributed by atoms with van der Waals surface area (Å²) in [7, 11) is 0. The first-order chi connectivity index (χ1) is 17.7. The number of amides is 1. The zero-order valence-corrected chi connectivity index (χ0v) is 20.4. The highest BCUT2D eigenvalue weighted by Crippen LogP contribution is 2.32. The highest BCUT2D eigenvalue weighted by Gasteiger charge is 2.37. The highest BCUT2D eigenvalue weighted by molar-refractivity contribution is 5.90. The van der Waals surface area contributed by atoms with E-state index >= 15 is 0 Å². The van der Waals surface area contributed by atoms with Crippen LogP contribution >= 0.6 is 0 Å². The lowest BCUT2D eigenvalue weighted by molar-refractivity contribution is -0.138. The molecule has 2 aliphatic heterocycles. The quantitative estimate of drug-likeness (QED) is 0.483. The van der Waals surface area contributed by atoms with Gasteiger partial charge in [0.2, 0.25) is 5.91 Å². The molecule has 3 aromatic heterocycles. The molecular weight excluding hydrogens is 450 g/mol. The van der Waals surface area contributed by atoms with Crippen LogP contribution in [0.3, 0.4) is 0 Å². The minimum atomic E-state index is 0.154. The summed E-state index contributed by atoms with van der Waals surface area (Å²) < 4.78 is 2.09. The standard InChI is InChI=1S/C28H31N7O/c36-28(21-6-5-19-3-1-2-4-20(19)13-21)33-11-8-23(9-12-33)34-16-24(17-34)35-15-22(14-32-35)26-25-7-10-29-27(25)31-18-30-26/h1-4,7,10,14-15,18,21,23-24H,5-6,8-9,11-13,16-17H2,(H,29,30,31). The van der Waals surface area contributed by atoms with Crippen molar-refractivity contribution in [2.75, 3.05) is 26.2 Å². The fraction of sp³-hybridized carbons (Fsp3) is 0.429. The van der Waals surface area contributed by atoms with Crippen molar-refractivity contribution in [3.05, 3.63) is 66.4 Å². The van der Waals surface area contributed by atoms with Gasteiger partial charge in [-0.15, -0.1) is 0 Å². The Kier molecular flexibility index (Phi) is 5.34. The van der Waals surface area contributed by atoms with Crippen LogP contribution in [-0.2, 0) is 17.6 Å². The molecule has 8 heteroatoms. The SMILES string of the molecule is O=C(C1CCc2ccccc2C1)N1CCC(N2CC(n3cc(-c4ncnc5[nH]ccc45)cn3)C2)CC1. The van der Waals surface area contributed by atoms with Gasteiger partial charge in [-0.2, -0.15) is 5.10 Å². The first-order valence-corrected chi connectivity index (χ1v) is 13.1. The molecule has 0 bridgehead atoms. The van der Waals surface area contributed by atoms with E-state index in [4.69, 9.17) is 0 Å². The Morgan fingerprint density at radius 3 is 2.67 bits per heavy atom. The number of piperidine rings is 1. The van der Waals surface area contributed by atoms with Crippen molar-refractivity contribution < 1.29 is 4.79 Å². The summed E-state index contributed by atoms with van der Waals surface area (Å²) in [5.41, 5.74) is 5.58. The molecule has 1 aromatic carbocycles.